The summed E-state index contributed by atoms with van der Waals surface area (Å²) in [6, 6.07) is 11.4. The van der Waals surface area contributed by atoms with E-state index in [1.54, 1.807) is 6.07 Å². The Morgan fingerprint density at radius 3 is 2.83 bits per heavy atom. The molecule has 3 rings (SSSR count). The molecule has 1 aliphatic heterocycles. The van der Waals surface area contributed by atoms with Gasteiger partial charge in [0.1, 0.15) is 11.4 Å². The normalized spacial score (nSPS) is 15.5. The molecule has 0 aliphatic carbocycles. The maximum Gasteiger partial charge on any atom is 0.339 e. The summed E-state index contributed by atoms with van der Waals surface area (Å²) in [5, 5.41) is 22.3. The van der Waals surface area contributed by atoms with Crippen LogP contribution in [0, 0.1) is 0 Å². The number of pyridine rings is 1. The van der Waals surface area contributed by atoms with E-state index in [0.717, 1.165) is 19.5 Å². The highest BCUT2D eigenvalue weighted by molar-refractivity contribution is 5.92. The molecule has 1 atom stereocenters. The molecule has 1 aromatic carbocycles. The predicted octanol–water partition coefficient (Wildman–Crippen LogP) is 1.61. The Bertz CT molecular complexity index is 720. The third-order valence-electron chi connectivity index (χ3n) is 4.22. The molecule has 6 heteroatoms. The highest BCUT2D eigenvalue weighted by Crippen LogP contribution is 2.18. The fourth-order valence-corrected chi connectivity index (χ4v) is 3.01. The quantitative estimate of drug-likeness (QED) is 0.747. The topological polar surface area (TPSA) is 85.7 Å². The molecule has 24 heavy (non-hydrogen) atoms. The van der Waals surface area contributed by atoms with Gasteiger partial charge in [0.2, 0.25) is 0 Å². The second kappa shape index (κ2) is 7.42. The number of aromatic carboxylic acids is 1. The Morgan fingerprint density at radius 2 is 2.04 bits per heavy atom. The summed E-state index contributed by atoms with van der Waals surface area (Å²) in [7, 11) is 0. The summed E-state index contributed by atoms with van der Waals surface area (Å²) >= 11 is 0. The van der Waals surface area contributed by atoms with E-state index in [4.69, 9.17) is 5.11 Å². The Balaban J connectivity index is 1.54. The molecule has 0 saturated carbocycles. The molecule has 3 N–H and O–H groups in total. The maximum atomic E-state index is 11.1. The molecule has 2 aromatic rings. The van der Waals surface area contributed by atoms with Gasteiger partial charge in [-0.05, 0) is 29.7 Å². The molecule has 1 aliphatic rings. The number of nitrogens with one attached hydrogen (secondary N) is 1. The van der Waals surface area contributed by atoms with Gasteiger partial charge in [-0.25, -0.2) is 9.78 Å². The first-order valence-corrected chi connectivity index (χ1v) is 8.03. The van der Waals surface area contributed by atoms with Crippen molar-refractivity contribution in [3.8, 4) is 0 Å². The number of nitrogens with zero attached hydrogens (tertiary/aromatic N) is 2. The lowest BCUT2D eigenvalue weighted by molar-refractivity contribution is 0.0697. The summed E-state index contributed by atoms with van der Waals surface area (Å²) in [5.41, 5.74) is 2.79. The van der Waals surface area contributed by atoms with Crippen LogP contribution in [0.1, 0.15) is 21.5 Å². The molecule has 0 bridgehead atoms. The van der Waals surface area contributed by atoms with Crippen molar-refractivity contribution in [3.63, 3.8) is 0 Å². The number of aromatic nitrogens is 1. The van der Waals surface area contributed by atoms with Gasteiger partial charge in [-0.15, -0.1) is 0 Å². The molecular formula is C18H21N3O3. The zero-order chi connectivity index (χ0) is 16.9. The van der Waals surface area contributed by atoms with Crippen LogP contribution in [0.5, 0.6) is 0 Å². The summed E-state index contributed by atoms with van der Waals surface area (Å²) in [5.74, 6) is -0.749. The van der Waals surface area contributed by atoms with Gasteiger partial charge in [-0.2, -0.15) is 0 Å². The van der Waals surface area contributed by atoms with E-state index < -0.39 is 12.1 Å². The van der Waals surface area contributed by atoms with Crippen molar-refractivity contribution >= 4 is 11.8 Å². The van der Waals surface area contributed by atoms with Gasteiger partial charge < -0.3 is 15.5 Å². The molecule has 2 heterocycles. The van der Waals surface area contributed by atoms with Crippen LogP contribution in [-0.2, 0) is 13.0 Å². The van der Waals surface area contributed by atoms with E-state index in [0.29, 0.717) is 6.54 Å². The summed E-state index contributed by atoms with van der Waals surface area (Å²) in [6.45, 7) is 2.54. The van der Waals surface area contributed by atoms with Crippen molar-refractivity contribution in [1.82, 2.24) is 9.88 Å². The third-order valence-corrected chi connectivity index (χ3v) is 4.22. The number of carboxylic acid groups (broad SMARTS) is 1. The lowest BCUT2D eigenvalue weighted by Crippen LogP contribution is -2.39. The minimum Gasteiger partial charge on any atom is -0.478 e. The van der Waals surface area contributed by atoms with Crippen LogP contribution < -0.4 is 5.32 Å². The highest BCUT2D eigenvalue weighted by Gasteiger charge is 2.19. The Morgan fingerprint density at radius 1 is 1.25 bits per heavy atom. The minimum atomic E-state index is -1.03. The average Bonchev–Trinajstić information content (AvgIpc) is 2.60. The number of carbonyl (C=O) groups is 1. The van der Waals surface area contributed by atoms with E-state index >= 15 is 0 Å². The van der Waals surface area contributed by atoms with Crippen LogP contribution in [0.25, 0.3) is 0 Å². The number of aliphatic hydroxyl groups excluding tert-OH is 1. The largest absolute Gasteiger partial charge is 0.478 e. The van der Waals surface area contributed by atoms with Crippen molar-refractivity contribution in [2.45, 2.75) is 19.1 Å². The second-order valence-corrected chi connectivity index (χ2v) is 5.99. The number of benzene rings is 1. The van der Waals surface area contributed by atoms with Crippen LogP contribution in [0.15, 0.2) is 42.6 Å². The third kappa shape index (κ3) is 3.90. The lowest BCUT2D eigenvalue weighted by Gasteiger charge is -2.30. The van der Waals surface area contributed by atoms with E-state index in [1.807, 2.05) is 6.07 Å². The lowest BCUT2D eigenvalue weighted by atomic mass is 10.00. The Kier molecular flexibility index (Phi) is 5.08. The zero-order valence-electron chi connectivity index (χ0n) is 13.4. The van der Waals surface area contributed by atoms with Crippen LogP contribution in [-0.4, -0.2) is 51.8 Å². The fraction of sp³-hybridized carbons (Fsp3) is 0.333. The van der Waals surface area contributed by atoms with Crippen molar-refractivity contribution in [1.29, 1.82) is 0 Å². The van der Waals surface area contributed by atoms with Crippen LogP contribution >= 0.6 is 0 Å². The summed E-state index contributed by atoms with van der Waals surface area (Å²) in [4.78, 5) is 17.4. The first-order chi connectivity index (χ1) is 11.6. The van der Waals surface area contributed by atoms with Gasteiger partial charge in [-0.3, -0.25) is 4.90 Å². The Labute approximate surface area is 140 Å². The minimum absolute atomic E-state index is 0.108. The van der Waals surface area contributed by atoms with E-state index in [1.165, 1.54) is 23.4 Å². The molecule has 0 saturated heterocycles. The standard InChI is InChI=1S/C18H21N3O3/c22-15(10-20-17-16(18(23)24)6-3-8-19-17)12-21-9-7-13-4-1-2-5-14(13)11-21/h1-6,8,15,22H,7,9-12H2,(H,19,20)(H,23,24)/t15-/m1/s1. The maximum absolute atomic E-state index is 11.1. The SMILES string of the molecule is O=C(O)c1cccnc1NC[C@@H](O)CN1CCc2ccccc2C1. The first-order valence-electron chi connectivity index (χ1n) is 8.03. The van der Waals surface area contributed by atoms with Crippen LogP contribution in [0.4, 0.5) is 5.82 Å². The highest BCUT2D eigenvalue weighted by atomic mass is 16.4. The van der Waals surface area contributed by atoms with Crippen LogP contribution in [0.2, 0.25) is 0 Å². The van der Waals surface area contributed by atoms with Crippen molar-refractivity contribution < 1.29 is 15.0 Å². The van der Waals surface area contributed by atoms with E-state index in [2.05, 4.69) is 33.4 Å². The molecule has 0 fully saturated rings. The van der Waals surface area contributed by atoms with Gasteiger partial charge in [-0.1, -0.05) is 24.3 Å². The molecule has 0 radical (unpaired) electrons. The molecular weight excluding hydrogens is 306 g/mol. The monoisotopic (exact) mass is 327 g/mol. The number of carboxylic acids is 1. The number of fused-ring (bicyclic) bond motifs is 1. The number of anilines is 1. The van der Waals surface area contributed by atoms with Gasteiger partial charge in [0.05, 0.1) is 6.10 Å². The molecule has 1 aromatic heterocycles. The number of hydrogen-bond donors (Lipinski definition) is 3. The smallest absolute Gasteiger partial charge is 0.339 e. The van der Waals surface area contributed by atoms with Gasteiger partial charge in [0.25, 0.3) is 0 Å². The van der Waals surface area contributed by atoms with Crippen molar-refractivity contribution in [2.75, 3.05) is 25.0 Å². The number of hydrogen-bond acceptors (Lipinski definition) is 5. The molecule has 126 valence electrons. The van der Waals surface area contributed by atoms with Gasteiger partial charge in [0, 0.05) is 32.4 Å². The van der Waals surface area contributed by atoms with E-state index in [-0.39, 0.29) is 17.9 Å². The van der Waals surface area contributed by atoms with Crippen molar-refractivity contribution in [2.24, 2.45) is 0 Å². The predicted molar refractivity (Wildman–Crippen MR) is 91.1 cm³/mol. The average molecular weight is 327 g/mol. The zero-order valence-corrected chi connectivity index (χ0v) is 13.4. The van der Waals surface area contributed by atoms with Crippen molar-refractivity contribution in [3.05, 3.63) is 59.3 Å². The molecule has 0 unspecified atom stereocenters. The second-order valence-electron chi connectivity index (χ2n) is 5.99. The molecule has 0 spiro atoms. The van der Waals surface area contributed by atoms with Crippen LogP contribution in [0.3, 0.4) is 0 Å². The fourth-order valence-electron chi connectivity index (χ4n) is 3.01. The van der Waals surface area contributed by atoms with Gasteiger partial charge >= 0.3 is 5.97 Å². The molecule has 6 nitrogen and oxygen atoms in total. The number of β-amino-alcohol motifs (C(OH)–C–C–N with tert-alkyl or cyclic N) is 1. The number of aliphatic hydroxyl groups is 1. The van der Waals surface area contributed by atoms with Gasteiger partial charge in [0.15, 0.2) is 0 Å². The first kappa shape index (κ1) is 16.4. The molecule has 0 amide bonds. The summed E-state index contributed by atoms with van der Waals surface area (Å²) in [6.07, 6.45) is 1.92. The summed E-state index contributed by atoms with van der Waals surface area (Å²) < 4.78 is 0. The Hall–Kier alpha value is -2.44. The van der Waals surface area contributed by atoms with E-state index in [9.17, 15) is 9.90 Å². The number of rotatable bonds is 6.